The van der Waals surface area contributed by atoms with Crippen molar-refractivity contribution in [1.29, 1.82) is 0 Å². The molecule has 6 heteroatoms. The van der Waals surface area contributed by atoms with E-state index in [0.717, 1.165) is 19.0 Å². The zero-order chi connectivity index (χ0) is 18.0. The lowest BCUT2D eigenvalue weighted by atomic mass is 9.96. The van der Waals surface area contributed by atoms with E-state index in [1.165, 1.54) is 0 Å². The molecule has 1 aliphatic rings. The molecule has 0 atom stereocenters. The van der Waals surface area contributed by atoms with Gasteiger partial charge in [0.2, 0.25) is 5.91 Å². The van der Waals surface area contributed by atoms with E-state index in [1.807, 2.05) is 4.90 Å². The molecule has 0 aromatic carbocycles. The molecule has 0 aliphatic carbocycles. The average molecular weight is 326 g/mol. The number of hydrogen-bond donors (Lipinski definition) is 1. The van der Waals surface area contributed by atoms with Gasteiger partial charge in [-0.1, -0.05) is 0 Å². The highest BCUT2D eigenvalue weighted by Gasteiger charge is 2.40. The highest BCUT2D eigenvalue weighted by molar-refractivity contribution is 5.88. The van der Waals surface area contributed by atoms with Gasteiger partial charge in [0, 0.05) is 31.7 Å². The molecule has 0 radical (unpaired) electrons. The van der Waals surface area contributed by atoms with Crippen LogP contribution in [0.4, 0.5) is 0 Å². The number of piperazine rings is 1. The lowest BCUT2D eigenvalue weighted by Gasteiger charge is -2.49. The van der Waals surface area contributed by atoms with Gasteiger partial charge in [-0.15, -0.1) is 0 Å². The number of likely N-dealkylation sites (N-methyl/N-ethyl adjacent to an activating group) is 1. The highest BCUT2D eigenvalue weighted by atomic mass is 16.2. The minimum Gasteiger partial charge on any atom is -0.354 e. The summed E-state index contributed by atoms with van der Waals surface area (Å²) < 4.78 is 0. The molecule has 0 aromatic heterocycles. The minimum atomic E-state index is -0.210. The second-order valence-corrected chi connectivity index (χ2v) is 8.13. The Morgan fingerprint density at radius 1 is 1.39 bits per heavy atom. The van der Waals surface area contributed by atoms with E-state index in [4.69, 9.17) is 0 Å². The van der Waals surface area contributed by atoms with Gasteiger partial charge in [0.05, 0.1) is 12.1 Å². The molecule has 1 heterocycles. The number of rotatable bonds is 4. The fourth-order valence-corrected chi connectivity index (χ4v) is 3.10. The van der Waals surface area contributed by atoms with E-state index in [2.05, 4.69) is 75.7 Å². The molecule has 6 nitrogen and oxygen atoms in total. The molecule has 1 N–H and O–H groups in total. The predicted octanol–water partition coefficient (Wildman–Crippen LogP) is 1.23. The minimum absolute atomic E-state index is 0.00915. The fraction of sp³-hybridized carbons (Fsp3) is 0.882. The fourth-order valence-electron chi connectivity index (χ4n) is 3.10. The summed E-state index contributed by atoms with van der Waals surface area (Å²) in [6.07, 6.45) is 0. The number of carbonyl (C=O) groups is 1. The third kappa shape index (κ3) is 4.59. The van der Waals surface area contributed by atoms with Crippen molar-refractivity contribution < 1.29 is 4.79 Å². The number of guanidine groups is 1. The van der Waals surface area contributed by atoms with Crippen molar-refractivity contribution in [3.63, 3.8) is 0 Å². The zero-order valence-corrected chi connectivity index (χ0v) is 16.4. The van der Waals surface area contributed by atoms with Crippen LogP contribution in [0.15, 0.2) is 4.99 Å². The predicted molar refractivity (Wildman–Crippen MR) is 96.8 cm³/mol. The maximum absolute atomic E-state index is 12.6. The highest BCUT2D eigenvalue weighted by Crippen LogP contribution is 2.24. The average Bonchev–Trinajstić information content (AvgIpc) is 2.36. The number of carbonyl (C=O) groups excluding carboxylic acids is 1. The molecular weight excluding hydrogens is 290 g/mol. The van der Waals surface area contributed by atoms with Crippen molar-refractivity contribution >= 4 is 11.9 Å². The van der Waals surface area contributed by atoms with Crippen molar-refractivity contribution in [2.24, 2.45) is 4.99 Å². The van der Waals surface area contributed by atoms with Gasteiger partial charge in [0.15, 0.2) is 5.96 Å². The van der Waals surface area contributed by atoms with Gasteiger partial charge < -0.3 is 20.0 Å². The molecule has 1 aliphatic heterocycles. The second-order valence-electron chi connectivity index (χ2n) is 8.13. The maximum Gasteiger partial charge on any atom is 0.242 e. The molecule has 0 saturated carbocycles. The summed E-state index contributed by atoms with van der Waals surface area (Å²) in [5.74, 6) is 0.954. The molecule has 1 rings (SSSR count). The van der Waals surface area contributed by atoms with Crippen LogP contribution in [-0.2, 0) is 4.79 Å². The topological polar surface area (TPSA) is 51.2 Å². The molecule has 1 fully saturated rings. The van der Waals surface area contributed by atoms with Crippen LogP contribution in [0.5, 0.6) is 0 Å². The van der Waals surface area contributed by atoms with E-state index in [0.29, 0.717) is 6.54 Å². The third-order valence-electron chi connectivity index (χ3n) is 4.74. The second kappa shape index (κ2) is 7.07. The summed E-state index contributed by atoms with van der Waals surface area (Å²) >= 11 is 0. The molecule has 134 valence electrons. The summed E-state index contributed by atoms with van der Waals surface area (Å²) in [5, 5.41) is 3.43. The number of amides is 1. The Labute approximate surface area is 141 Å². The zero-order valence-electron chi connectivity index (χ0n) is 16.4. The van der Waals surface area contributed by atoms with Crippen LogP contribution in [0.1, 0.15) is 41.5 Å². The Hall–Kier alpha value is -1.30. The number of hydrogen-bond acceptors (Lipinski definition) is 3. The summed E-state index contributed by atoms with van der Waals surface area (Å²) in [7, 11) is 5.91. The van der Waals surface area contributed by atoms with Gasteiger partial charge in [0.25, 0.3) is 0 Å². The van der Waals surface area contributed by atoms with Crippen LogP contribution < -0.4 is 5.32 Å². The first kappa shape index (κ1) is 19.7. The Kier molecular flexibility index (Phi) is 6.07. The van der Waals surface area contributed by atoms with Gasteiger partial charge in [-0.3, -0.25) is 9.79 Å². The third-order valence-corrected chi connectivity index (χ3v) is 4.74. The van der Waals surface area contributed by atoms with Crippen molar-refractivity contribution in [1.82, 2.24) is 20.0 Å². The molecule has 0 bridgehead atoms. The first-order valence-corrected chi connectivity index (χ1v) is 8.37. The van der Waals surface area contributed by atoms with Crippen LogP contribution in [0.3, 0.4) is 0 Å². The lowest BCUT2D eigenvalue weighted by Crippen LogP contribution is -2.66. The molecule has 1 amide bonds. The summed E-state index contributed by atoms with van der Waals surface area (Å²) in [4.78, 5) is 23.2. The van der Waals surface area contributed by atoms with Gasteiger partial charge in [-0.2, -0.15) is 0 Å². The monoisotopic (exact) mass is 325 g/mol. The Bertz CT molecular complexity index is 454. The van der Waals surface area contributed by atoms with Gasteiger partial charge in [-0.25, -0.2) is 0 Å². The summed E-state index contributed by atoms with van der Waals surface area (Å²) in [5.41, 5.74) is -0.201. The molecule has 0 unspecified atom stereocenters. The van der Waals surface area contributed by atoms with Gasteiger partial charge in [0.1, 0.15) is 0 Å². The number of aliphatic imine (C=N–C) groups is 1. The Balaban J connectivity index is 2.84. The van der Waals surface area contributed by atoms with E-state index >= 15 is 0 Å². The number of nitrogens with one attached hydrogen (secondary N) is 1. The van der Waals surface area contributed by atoms with Crippen molar-refractivity contribution in [3.8, 4) is 0 Å². The summed E-state index contributed by atoms with van der Waals surface area (Å²) in [6, 6.07) is 0.210. The largest absolute Gasteiger partial charge is 0.354 e. The molecule has 0 spiro atoms. The Morgan fingerprint density at radius 3 is 2.35 bits per heavy atom. The van der Waals surface area contributed by atoms with Crippen LogP contribution >= 0.6 is 0 Å². The van der Waals surface area contributed by atoms with E-state index in [9.17, 15) is 4.79 Å². The maximum atomic E-state index is 12.6. The van der Waals surface area contributed by atoms with E-state index in [-0.39, 0.29) is 23.0 Å². The van der Waals surface area contributed by atoms with Crippen LogP contribution in [0.2, 0.25) is 0 Å². The normalized spacial score (nSPS) is 19.8. The van der Waals surface area contributed by atoms with Crippen molar-refractivity contribution in [2.45, 2.75) is 58.7 Å². The summed E-state index contributed by atoms with van der Waals surface area (Å²) in [6.45, 7) is 14.7. The number of nitrogens with zero attached hydrogens (tertiary/aromatic N) is 4. The molecule has 1 saturated heterocycles. The van der Waals surface area contributed by atoms with Gasteiger partial charge in [-0.05, 0) is 55.6 Å². The van der Waals surface area contributed by atoms with Crippen molar-refractivity contribution in [2.75, 3.05) is 40.8 Å². The van der Waals surface area contributed by atoms with Gasteiger partial charge >= 0.3 is 0 Å². The molecular formula is C17H35N5O. The standard InChI is InChI=1S/C17H35N5O/c1-13(2)22-14(23)10-21(12-17(22,5)6)15(18-7)19-11-16(3,4)20(8)9/h13H,10-12H2,1-9H3,(H,18,19). The SMILES string of the molecule is CN=C(NCC(C)(C)N(C)C)N1CC(=O)N(C(C)C)C(C)(C)C1. The smallest absolute Gasteiger partial charge is 0.242 e. The van der Waals surface area contributed by atoms with Crippen LogP contribution in [0.25, 0.3) is 0 Å². The Morgan fingerprint density at radius 2 is 1.96 bits per heavy atom. The van der Waals surface area contributed by atoms with E-state index in [1.54, 1.807) is 7.05 Å². The first-order valence-electron chi connectivity index (χ1n) is 8.37. The van der Waals surface area contributed by atoms with E-state index < -0.39 is 0 Å². The van der Waals surface area contributed by atoms with Crippen LogP contribution in [-0.4, -0.2) is 84.5 Å². The quantitative estimate of drug-likeness (QED) is 0.624. The van der Waals surface area contributed by atoms with Crippen molar-refractivity contribution in [3.05, 3.63) is 0 Å². The molecule has 23 heavy (non-hydrogen) atoms. The van der Waals surface area contributed by atoms with Crippen LogP contribution in [0, 0.1) is 0 Å². The first-order chi connectivity index (χ1) is 10.4. The molecule has 0 aromatic rings. The lowest BCUT2D eigenvalue weighted by molar-refractivity contribution is -0.145.